The minimum atomic E-state index is -4.91. The Kier molecular flexibility index (Phi) is 5.18. The Hall–Kier alpha value is -1.31. The lowest BCUT2D eigenvalue weighted by molar-refractivity contribution is -0.140. The Morgan fingerprint density at radius 3 is 1.46 bits per heavy atom. The van der Waals surface area contributed by atoms with Crippen LogP contribution in [0.15, 0.2) is 0 Å². The van der Waals surface area contributed by atoms with E-state index in [1.165, 1.54) is 0 Å². The van der Waals surface area contributed by atoms with Gasteiger partial charge < -0.3 is 0 Å². The van der Waals surface area contributed by atoms with Crippen molar-refractivity contribution in [1.29, 1.82) is 0 Å². The fourth-order valence-corrected chi connectivity index (χ4v) is 3.43. The zero-order valence-electron chi connectivity index (χ0n) is 10.6. The predicted octanol–water partition coefficient (Wildman–Crippen LogP) is 5.59. The van der Waals surface area contributed by atoms with Gasteiger partial charge in [-0.3, -0.25) is 10.6 Å². The number of alkyl halides is 6. The zero-order valence-corrected chi connectivity index (χ0v) is 13.8. The monoisotopic (exact) mass is 430 g/mol. The van der Waals surface area contributed by atoms with Gasteiger partial charge >= 0.3 is 18.4 Å². The van der Waals surface area contributed by atoms with E-state index in [0.29, 0.717) is 22.7 Å². The molecule has 15 heteroatoms. The Morgan fingerprint density at radius 2 is 1.17 bits per heavy atom. The van der Waals surface area contributed by atoms with Gasteiger partial charge in [-0.15, -0.1) is 0 Å². The molecule has 2 aromatic rings. The van der Waals surface area contributed by atoms with Crippen molar-refractivity contribution < 1.29 is 31.1 Å². The van der Waals surface area contributed by atoms with Crippen LogP contribution in [0.2, 0.25) is 8.93 Å². The molecule has 132 valence electrons. The number of thiazole rings is 2. The van der Waals surface area contributed by atoms with E-state index in [1.54, 1.807) is 10.6 Å². The van der Waals surface area contributed by atoms with Gasteiger partial charge in [0.2, 0.25) is 0 Å². The molecule has 0 saturated carbocycles. The maximum absolute atomic E-state index is 12.7. The minimum absolute atomic E-state index is 0.297. The molecular weight excluding hydrogens is 429 g/mol. The number of amides is 2. The summed E-state index contributed by atoms with van der Waals surface area (Å²) in [6.45, 7) is 0. The lowest BCUT2D eigenvalue weighted by Crippen LogP contribution is -2.22. The smallest absolute Gasteiger partial charge is 0.297 e. The van der Waals surface area contributed by atoms with E-state index in [0.717, 1.165) is 0 Å². The first-order chi connectivity index (χ1) is 10.9. The van der Waals surface area contributed by atoms with Crippen LogP contribution in [0.5, 0.6) is 0 Å². The third-order valence-corrected chi connectivity index (χ3v) is 4.34. The van der Waals surface area contributed by atoms with Gasteiger partial charge in [0.05, 0.1) is 0 Å². The molecule has 0 spiro atoms. The molecule has 5 nitrogen and oxygen atoms in total. The molecule has 0 radical (unpaired) electrons. The lowest BCUT2D eigenvalue weighted by Gasteiger charge is -2.09. The van der Waals surface area contributed by atoms with Crippen LogP contribution in [0.3, 0.4) is 0 Å². The first-order valence-electron chi connectivity index (χ1n) is 5.43. The molecule has 0 fully saturated rings. The van der Waals surface area contributed by atoms with Crippen molar-refractivity contribution in [3.8, 4) is 0 Å². The minimum Gasteiger partial charge on any atom is -0.297 e. The predicted molar refractivity (Wildman–Crippen MR) is 76.9 cm³/mol. The maximum atomic E-state index is 12.7. The molecule has 2 N–H and O–H groups in total. The first-order valence-corrected chi connectivity index (χ1v) is 7.82. The van der Waals surface area contributed by atoms with E-state index in [-0.39, 0.29) is 0 Å². The molecule has 2 amide bonds. The van der Waals surface area contributed by atoms with Crippen LogP contribution in [0.1, 0.15) is 11.4 Å². The molecule has 2 aromatic heterocycles. The largest absolute Gasteiger partial charge is 0.436 e. The number of rotatable bonds is 2. The molecule has 0 aliphatic carbocycles. The summed E-state index contributed by atoms with van der Waals surface area (Å²) in [6.07, 6.45) is -9.81. The molecule has 0 atom stereocenters. The molecule has 0 aliphatic rings. The van der Waals surface area contributed by atoms with E-state index < -0.39 is 48.7 Å². The molecule has 24 heavy (non-hydrogen) atoms. The van der Waals surface area contributed by atoms with E-state index in [2.05, 4.69) is 9.97 Å². The number of nitrogens with zero attached hydrogens (tertiary/aromatic N) is 2. The van der Waals surface area contributed by atoms with Crippen LogP contribution in [-0.4, -0.2) is 16.0 Å². The highest BCUT2D eigenvalue weighted by atomic mass is 35.5. The number of carbonyl (C=O) groups is 1. The van der Waals surface area contributed by atoms with Gasteiger partial charge in [0, 0.05) is 0 Å². The second kappa shape index (κ2) is 6.54. The van der Waals surface area contributed by atoms with Gasteiger partial charge in [0.1, 0.15) is 10.0 Å². The highest BCUT2D eigenvalue weighted by Crippen LogP contribution is 2.41. The fraction of sp³-hybridized carbons (Fsp3) is 0.222. The third-order valence-electron chi connectivity index (χ3n) is 2.19. The van der Waals surface area contributed by atoms with Crippen LogP contribution in [0, 0.1) is 0 Å². The molecule has 0 unspecified atom stereocenters. The van der Waals surface area contributed by atoms with Crippen molar-refractivity contribution in [2.75, 3.05) is 10.6 Å². The average molecular weight is 431 g/mol. The van der Waals surface area contributed by atoms with Crippen molar-refractivity contribution >= 4 is 61.9 Å². The summed E-state index contributed by atoms with van der Waals surface area (Å²) >= 11 is 11.3. The van der Waals surface area contributed by atoms with Crippen molar-refractivity contribution in [1.82, 2.24) is 9.97 Å². The Morgan fingerprint density at radius 1 is 0.833 bits per heavy atom. The van der Waals surface area contributed by atoms with Gasteiger partial charge in [-0.05, 0) is 0 Å². The van der Waals surface area contributed by atoms with Crippen LogP contribution < -0.4 is 10.6 Å². The number of hydrogen-bond acceptors (Lipinski definition) is 5. The number of urea groups is 1. The summed E-state index contributed by atoms with van der Waals surface area (Å²) in [7, 11) is 0. The van der Waals surface area contributed by atoms with Gasteiger partial charge in [-0.2, -0.15) is 26.3 Å². The Bertz CT molecular complexity index is 709. The number of hydrogen-bond donors (Lipinski definition) is 2. The van der Waals surface area contributed by atoms with E-state index in [4.69, 9.17) is 23.2 Å². The van der Waals surface area contributed by atoms with Gasteiger partial charge in [0.15, 0.2) is 20.3 Å². The normalized spacial score (nSPS) is 12.3. The standard InChI is InChI=1S/C9H2Cl2F6N4OS2/c10-5-18-1(8(12,13)14)3(23-5)20-7(22)21-4-2(9(15,16)17)19-6(11)24-4/h(H2,20,21,22). The molecule has 2 rings (SSSR count). The summed E-state index contributed by atoms with van der Waals surface area (Å²) < 4.78 is 75.2. The summed E-state index contributed by atoms with van der Waals surface area (Å²) in [6, 6.07) is -1.37. The molecular formula is C9H2Cl2F6N4OS2. The molecule has 0 bridgehead atoms. The van der Waals surface area contributed by atoms with Crippen LogP contribution >= 0.6 is 45.9 Å². The zero-order chi connectivity index (χ0) is 18.3. The number of anilines is 2. The van der Waals surface area contributed by atoms with E-state index in [1.807, 2.05) is 0 Å². The number of nitrogens with one attached hydrogen (secondary N) is 2. The van der Waals surface area contributed by atoms with Gasteiger partial charge in [-0.25, -0.2) is 14.8 Å². The second-order valence-corrected chi connectivity index (χ2v) is 7.03. The molecule has 0 aromatic carbocycles. The van der Waals surface area contributed by atoms with Gasteiger partial charge in [-0.1, -0.05) is 45.9 Å². The SMILES string of the molecule is O=C(Nc1sc(Cl)nc1C(F)(F)F)Nc1sc(Cl)nc1C(F)(F)F. The summed E-state index contributed by atoms with van der Waals surface area (Å²) in [4.78, 5) is 17.7. The van der Waals surface area contributed by atoms with Crippen molar-refractivity contribution in [3.05, 3.63) is 20.3 Å². The average Bonchev–Trinajstić information content (AvgIpc) is 2.91. The maximum Gasteiger partial charge on any atom is 0.436 e. The van der Waals surface area contributed by atoms with Crippen molar-refractivity contribution in [2.24, 2.45) is 0 Å². The summed E-state index contributed by atoms with van der Waals surface area (Å²) in [5.74, 6) is 0. The Balaban J connectivity index is 2.22. The summed E-state index contributed by atoms with van der Waals surface area (Å²) in [5.41, 5.74) is -2.93. The second-order valence-electron chi connectivity index (χ2n) is 3.86. The first kappa shape index (κ1) is 19.0. The van der Waals surface area contributed by atoms with Crippen LogP contribution in [0.25, 0.3) is 0 Å². The molecule has 0 aliphatic heterocycles. The van der Waals surface area contributed by atoms with E-state index >= 15 is 0 Å². The van der Waals surface area contributed by atoms with Crippen molar-refractivity contribution in [2.45, 2.75) is 12.4 Å². The van der Waals surface area contributed by atoms with Crippen LogP contribution in [-0.2, 0) is 12.4 Å². The highest BCUT2D eigenvalue weighted by molar-refractivity contribution is 7.20. The molecule has 2 heterocycles. The number of halogens is 8. The topological polar surface area (TPSA) is 66.9 Å². The number of carbonyl (C=O) groups excluding carboxylic acids is 1. The fourth-order valence-electron chi connectivity index (χ4n) is 1.38. The van der Waals surface area contributed by atoms with E-state index in [9.17, 15) is 31.1 Å². The molecule has 0 saturated heterocycles. The lowest BCUT2D eigenvalue weighted by atomic mass is 10.4. The number of aromatic nitrogens is 2. The van der Waals surface area contributed by atoms with Gasteiger partial charge in [0.25, 0.3) is 0 Å². The van der Waals surface area contributed by atoms with Crippen molar-refractivity contribution in [3.63, 3.8) is 0 Å². The Labute approximate surface area is 146 Å². The van der Waals surface area contributed by atoms with Crippen LogP contribution in [0.4, 0.5) is 41.1 Å². The highest BCUT2D eigenvalue weighted by Gasteiger charge is 2.40. The third kappa shape index (κ3) is 4.40. The quantitative estimate of drug-likeness (QED) is 0.610. The summed E-state index contributed by atoms with van der Waals surface area (Å²) in [5, 5.41) is 1.95.